The molecule has 2 fully saturated rings. The predicted octanol–water partition coefficient (Wildman–Crippen LogP) is 2.05. The summed E-state index contributed by atoms with van der Waals surface area (Å²) in [7, 11) is 0. The Labute approximate surface area is 90.8 Å². The largest absolute Gasteiger partial charge is 0.391 e. The van der Waals surface area contributed by atoms with E-state index in [9.17, 15) is 18.0 Å². The van der Waals surface area contributed by atoms with Gasteiger partial charge in [0, 0.05) is 12.6 Å². The molecule has 2 atom stereocenters. The van der Waals surface area contributed by atoms with E-state index >= 15 is 0 Å². The average molecular weight is 240 g/mol. The van der Waals surface area contributed by atoms with E-state index in [1.807, 2.05) is 0 Å². The number of alkyl halides is 3. The average Bonchev–Trinajstić information content (AvgIpc) is 2.34. The molecule has 0 radical (unpaired) electrons. The van der Waals surface area contributed by atoms with Crippen molar-refractivity contribution in [2.75, 3.05) is 6.54 Å². The molecule has 2 heterocycles. The van der Waals surface area contributed by atoms with Crippen molar-refractivity contribution in [3.05, 3.63) is 0 Å². The summed E-state index contributed by atoms with van der Waals surface area (Å²) in [5.74, 6) is 0. The summed E-state index contributed by atoms with van der Waals surface area (Å²) in [4.78, 5) is 12.8. The van der Waals surface area contributed by atoms with Crippen LogP contribution in [0, 0.1) is 0 Å². The van der Waals surface area contributed by atoms with E-state index in [2.05, 4.69) is 12.8 Å². The van der Waals surface area contributed by atoms with Gasteiger partial charge in [-0.2, -0.15) is 13.2 Å². The Balaban J connectivity index is 2.07. The number of piperidine rings is 1. The summed E-state index contributed by atoms with van der Waals surface area (Å²) in [6.45, 7) is 0.378. The van der Waals surface area contributed by atoms with Crippen LogP contribution in [0.5, 0.6) is 0 Å². The van der Waals surface area contributed by atoms with Gasteiger partial charge in [0.1, 0.15) is 0 Å². The van der Waals surface area contributed by atoms with Crippen LogP contribution in [0.25, 0.3) is 0 Å². The maximum absolute atomic E-state index is 12.2. The number of nitrogens with zero attached hydrogens (tertiary/aromatic N) is 2. The molecule has 0 spiro atoms. The molecule has 3 nitrogen and oxygen atoms in total. The van der Waals surface area contributed by atoms with Gasteiger partial charge in [0.2, 0.25) is 0 Å². The lowest BCUT2D eigenvalue weighted by atomic mass is 9.98. The van der Waals surface area contributed by atoms with Crippen molar-refractivity contribution in [2.45, 2.75) is 37.5 Å². The van der Waals surface area contributed by atoms with E-state index in [4.69, 9.17) is 0 Å². The quantitative estimate of drug-likeness (QED) is 0.697. The van der Waals surface area contributed by atoms with Crippen LogP contribution in [-0.4, -0.2) is 40.0 Å². The van der Waals surface area contributed by atoms with Crippen LogP contribution in [0.3, 0.4) is 0 Å². The van der Waals surface area contributed by atoms with Crippen LogP contribution in [0.4, 0.5) is 18.0 Å². The fourth-order valence-electron chi connectivity index (χ4n) is 2.21. The van der Waals surface area contributed by atoms with Gasteiger partial charge < -0.3 is 4.90 Å². The van der Waals surface area contributed by atoms with Gasteiger partial charge in [-0.25, -0.2) is 4.79 Å². The van der Waals surface area contributed by atoms with Crippen molar-refractivity contribution in [1.29, 1.82) is 0 Å². The number of carbonyl (C=O) groups is 1. The molecular weight excluding hydrogens is 229 g/mol. The zero-order chi connectivity index (χ0) is 11.2. The summed E-state index contributed by atoms with van der Waals surface area (Å²) < 4.78 is 37.9. The van der Waals surface area contributed by atoms with Crippen LogP contribution >= 0.6 is 12.8 Å². The zero-order valence-corrected chi connectivity index (χ0v) is 8.76. The topological polar surface area (TPSA) is 23.6 Å². The molecule has 7 heteroatoms. The van der Waals surface area contributed by atoms with Crippen molar-refractivity contribution in [3.63, 3.8) is 0 Å². The lowest BCUT2D eigenvalue weighted by Crippen LogP contribution is -2.42. The van der Waals surface area contributed by atoms with E-state index in [1.54, 1.807) is 0 Å². The maximum Gasteiger partial charge on any atom is 0.391 e. The zero-order valence-electron chi connectivity index (χ0n) is 7.87. The highest BCUT2D eigenvalue weighted by molar-refractivity contribution is 7.78. The van der Waals surface area contributed by atoms with Gasteiger partial charge in [-0.05, 0) is 12.8 Å². The summed E-state index contributed by atoms with van der Waals surface area (Å²) in [5, 5.41) is 0. The summed E-state index contributed by atoms with van der Waals surface area (Å²) in [6.07, 6.45) is -4.10. The minimum atomic E-state index is -4.21. The third-order valence-electron chi connectivity index (χ3n) is 2.94. The Kier molecular flexibility index (Phi) is 2.52. The van der Waals surface area contributed by atoms with Crippen molar-refractivity contribution in [3.8, 4) is 0 Å². The predicted molar refractivity (Wildman–Crippen MR) is 50.4 cm³/mol. The molecule has 2 aliphatic heterocycles. The molecule has 2 aliphatic rings. The number of hydrogen-bond acceptors (Lipinski definition) is 2. The highest BCUT2D eigenvalue weighted by Gasteiger charge is 2.46. The molecule has 15 heavy (non-hydrogen) atoms. The number of halogens is 3. The first-order valence-electron chi connectivity index (χ1n) is 4.74. The lowest BCUT2D eigenvalue weighted by Gasteiger charge is -2.31. The van der Waals surface area contributed by atoms with Crippen molar-refractivity contribution in [2.24, 2.45) is 0 Å². The molecule has 86 valence electrons. The van der Waals surface area contributed by atoms with E-state index in [1.165, 1.54) is 9.21 Å². The lowest BCUT2D eigenvalue weighted by molar-refractivity contribution is -0.146. The van der Waals surface area contributed by atoms with Gasteiger partial charge in [-0.15, -0.1) is 0 Å². The highest BCUT2D eigenvalue weighted by atomic mass is 32.1. The molecule has 2 amide bonds. The second-order valence-corrected chi connectivity index (χ2v) is 4.41. The molecule has 2 bridgehead atoms. The Morgan fingerprint density at radius 2 is 2.07 bits per heavy atom. The molecule has 2 saturated heterocycles. The minimum absolute atomic E-state index is 0.0229. The van der Waals surface area contributed by atoms with Gasteiger partial charge >= 0.3 is 12.2 Å². The SMILES string of the molecule is O=C1N(S)[C@@H]2CC[C@@H](CC(F)(F)F)N1C2. The number of hydrogen-bond donors (Lipinski definition) is 1. The van der Waals surface area contributed by atoms with Gasteiger partial charge in [0.15, 0.2) is 0 Å². The molecule has 0 aromatic heterocycles. The molecule has 0 aliphatic carbocycles. The monoisotopic (exact) mass is 240 g/mol. The van der Waals surface area contributed by atoms with Gasteiger partial charge in [0.05, 0.1) is 12.5 Å². The number of rotatable bonds is 1. The number of fused-ring (bicyclic) bond motifs is 2. The summed E-state index contributed by atoms with van der Waals surface area (Å²) in [6, 6.07) is -1.12. The molecule has 2 rings (SSSR count). The van der Waals surface area contributed by atoms with Crippen molar-refractivity contribution >= 4 is 18.8 Å². The first-order valence-corrected chi connectivity index (χ1v) is 5.14. The van der Waals surface area contributed by atoms with Crippen LogP contribution < -0.4 is 0 Å². The number of thiol groups is 1. The third kappa shape index (κ3) is 2.02. The first-order chi connectivity index (χ1) is 6.88. The Morgan fingerprint density at radius 3 is 2.67 bits per heavy atom. The molecule has 0 aromatic rings. The molecule has 0 aromatic carbocycles. The molecule has 0 unspecified atom stereocenters. The molecule has 0 saturated carbocycles. The van der Waals surface area contributed by atoms with Gasteiger partial charge in [0.25, 0.3) is 0 Å². The van der Waals surface area contributed by atoms with E-state index in [0.29, 0.717) is 19.4 Å². The normalized spacial score (nSPS) is 31.3. The number of amides is 2. The number of urea groups is 1. The van der Waals surface area contributed by atoms with Crippen LogP contribution in [-0.2, 0) is 0 Å². The Morgan fingerprint density at radius 1 is 1.40 bits per heavy atom. The fraction of sp³-hybridized carbons (Fsp3) is 0.875. The Hall–Kier alpha value is -0.590. The maximum atomic E-state index is 12.2. The Bertz CT molecular complexity index is 284. The number of carbonyl (C=O) groups excluding carboxylic acids is 1. The highest BCUT2D eigenvalue weighted by Crippen LogP contribution is 2.35. The fourth-order valence-corrected chi connectivity index (χ4v) is 2.51. The van der Waals surface area contributed by atoms with Crippen LogP contribution in [0.2, 0.25) is 0 Å². The first kappa shape index (κ1) is 10.9. The van der Waals surface area contributed by atoms with Gasteiger partial charge in [-0.3, -0.25) is 4.31 Å². The van der Waals surface area contributed by atoms with E-state index in [-0.39, 0.29) is 6.04 Å². The minimum Gasteiger partial charge on any atom is -0.318 e. The van der Waals surface area contributed by atoms with Crippen molar-refractivity contribution < 1.29 is 18.0 Å². The molecular formula is C8H11F3N2OS. The molecule has 0 N–H and O–H groups in total. The standard InChI is InChI=1S/C8H11F3N2OS/c9-8(10,11)3-5-1-2-6-4-12(5)7(14)13(6)15/h5-6,15H,1-4H2/t5-,6+/m0/s1. The smallest absolute Gasteiger partial charge is 0.318 e. The summed E-state index contributed by atoms with van der Waals surface area (Å²) >= 11 is 3.97. The van der Waals surface area contributed by atoms with Gasteiger partial charge in [-0.1, -0.05) is 12.8 Å². The van der Waals surface area contributed by atoms with Crippen LogP contribution in [0.15, 0.2) is 0 Å². The van der Waals surface area contributed by atoms with E-state index < -0.39 is 24.7 Å². The van der Waals surface area contributed by atoms with Crippen molar-refractivity contribution in [1.82, 2.24) is 9.21 Å². The summed E-state index contributed by atoms with van der Waals surface area (Å²) in [5.41, 5.74) is 0. The van der Waals surface area contributed by atoms with E-state index in [0.717, 1.165) is 0 Å². The third-order valence-corrected chi connectivity index (χ3v) is 3.43. The second-order valence-electron chi connectivity index (χ2n) is 3.98. The van der Waals surface area contributed by atoms with Crippen LogP contribution in [0.1, 0.15) is 19.3 Å². The second kappa shape index (κ2) is 3.47.